The number of nitrogens with zero attached hydrogens (tertiary/aromatic N) is 3. The van der Waals surface area contributed by atoms with Crippen molar-refractivity contribution in [2.24, 2.45) is 11.8 Å². The molecule has 1 aliphatic heterocycles. The SMILES string of the molecule is O=C(Cn1c(C2CC2)nc2ccccc21)N1C[C@@H]2CC=CC[C@H]2C1. The first-order valence-electron chi connectivity index (χ1n) is 9.17. The summed E-state index contributed by atoms with van der Waals surface area (Å²) in [6.45, 7) is 2.30. The highest BCUT2D eigenvalue weighted by atomic mass is 16.2. The van der Waals surface area contributed by atoms with Crippen molar-refractivity contribution in [3.8, 4) is 0 Å². The number of benzene rings is 1. The van der Waals surface area contributed by atoms with Gasteiger partial charge in [-0.25, -0.2) is 4.98 Å². The zero-order valence-electron chi connectivity index (χ0n) is 13.9. The van der Waals surface area contributed by atoms with Gasteiger partial charge in [0.25, 0.3) is 0 Å². The summed E-state index contributed by atoms with van der Waals surface area (Å²) in [5.74, 6) is 3.26. The van der Waals surface area contributed by atoms with Crippen LogP contribution in [0.1, 0.15) is 37.4 Å². The predicted octanol–water partition coefficient (Wildman–Crippen LogP) is 3.34. The number of carbonyl (C=O) groups is 1. The molecule has 124 valence electrons. The van der Waals surface area contributed by atoms with E-state index in [2.05, 4.69) is 33.8 Å². The Morgan fingerprint density at radius 1 is 1.08 bits per heavy atom. The molecule has 0 bridgehead atoms. The van der Waals surface area contributed by atoms with Gasteiger partial charge in [0.1, 0.15) is 12.4 Å². The predicted molar refractivity (Wildman–Crippen MR) is 93.6 cm³/mol. The van der Waals surface area contributed by atoms with E-state index in [1.807, 2.05) is 12.1 Å². The molecule has 0 unspecified atom stereocenters. The largest absolute Gasteiger partial charge is 0.341 e. The fraction of sp³-hybridized carbons (Fsp3) is 0.500. The van der Waals surface area contributed by atoms with Crippen molar-refractivity contribution in [1.29, 1.82) is 0 Å². The van der Waals surface area contributed by atoms with Gasteiger partial charge in [0.15, 0.2) is 0 Å². The van der Waals surface area contributed by atoms with Gasteiger partial charge in [-0.3, -0.25) is 4.79 Å². The molecule has 3 aliphatic rings. The van der Waals surface area contributed by atoms with Gasteiger partial charge in [0.05, 0.1) is 11.0 Å². The molecule has 1 aromatic heterocycles. The number of imidazole rings is 1. The highest BCUT2D eigenvalue weighted by Crippen LogP contribution is 2.41. The van der Waals surface area contributed by atoms with Gasteiger partial charge in [-0.1, -0.05) is 24.3 Å². The Hall–Kier alpha value is -2.10. The van der Waals surface area contributed by atoms with Gasteiger partial charge in [-0.05, 0) is 49.7 Å². The summed E-state index contributed by atoms with van der Waals surface area (Å²) in [4.78, 5) is 19.9. The van der Waals surface area contributed by atoms with Gasteiger partial charge in [0, 0.05) is 19.0 Å². The van der Waals surface area contributed by atoms with E-state index in [4.69, 9.17) is 4.98 Å². The van der Waals surface area contributed by atoms with Gasteiger partial charge in [0.2, 0.25) is 5.91 Å². The summed E-state index contributed by atoms with van der Waals surface area (Å²) >= 11 is 0. The van der Waals surface area contributed by atoms with Crippen LogP contribution in [0.15, 0.2) is 36.4 Å². The molecule has 2 heterocycles. The fourth-order valence-corrected chi connectivity index (χ4v) is 4.37. The van der Waals surface area contributed by atoms with Crippen molar-refractivity contribution in [2.75, 3.05) is 13.1 Å². The summed E-state index contributed by atoms with van der Waals surface area (Å²) in [6, 6.07) is 8.21. The lowest BCUT2D eigenvalue weighted by Crippen LogP contribution is -2.32. The Morgan fingerprint density at radius 3 is 2.50 bits per heavy atom. The number of aromatic nitrogens is 2. The quantitative estimate of drug-likeness (QED) is 0.813. The number of carbonyl (C=O) groups excluding carboxylic acids is 1. The summed E-state index contributed by atoms with van der Waals surface area (Å²) in [5.41, 5.74) is 2.12. The maximum absolute atomic E-state index is 13.0. The minimum Gasteiger partial charge on any atom is -0.341 e. The average Bonchev–Trinajstić information content (AvgIpc) is 3.25. The van der Waals surface area contributed by atoms with E-state index in [9.17, 15) is 4.79 Å². The molecule has 4 nitrogen and oxygen atoms in total. The molecular weight excluding hydrogens is 298 g/mol. The molecule has 24 heavy (non-hydrogen) atoms. The number of para-hydroxylation sites is 2. The van der Waals surface area contributed by atoms with Crippen molar-refractivity contribution >= 4 is 16.9 Å². The first-order chi connectivity index (χ1) is 11.8. The van der Waals surface area contributed by atoms with Crippen LogP contribution in [0.5, 0.6) is 0 Å². The minimum atomic E-state index is 0.259. The zero-order chi connectivity index (χ0) is 16.1. The molecule has 1 aromatic carbocycles. The topological polar surface area (TPSA) is 38.1 Å². The lowest BCUT2D eigenvalue weighted by molar-refractivity contribution is -0.131. The lowest BCUT2D eigenvalue weighted by Gasteiger charge is -2.18. The van der Waals surface area contributed by atoms with Crippen LogP contribution in [0.2, 0.25) is 0 Å². The fourth-order valence-electron chi connectivity index (χ4n) is 4.37. The van der Waals surface area contributed by atoms with Crippen molar-refractivity contribution in [2.45, 2.75) is 38.1 Å². The summed E-state index contributed by atoms with van der Waals surface area (Å²) < 4.78 is 2.18. The number of amides is 1. The molecule has 2 aliphatic carbocycles. The second kappa shape index (κ2) is 5.47. The van der Waals surface area contributed by atoms with E-state index < -0.39 is 0 Å². The van der Waals surface area contributed by atoms with Crippen LogP contribution >= 0.6 is 0 Å². The molecule has 0 radical (unpaired) electrons. The molecule has 1 saturated heterocycles. The van der Waals surface area contributed by atoms with Crippen molar-refractivity contribution in [3.63, 3.8) is 0 Å². The third kappa shape index (κ3) is 2.36. The maximum atomic E-state index is 13.0. The summed E-state index contributed by atoms with van der Waals surface area (Å²) in [6.07, 6.45) is 9.24. The van der Waals surface area contributed by atoms with Gasteiger partial charge in [-0.2, -0.15) is 0 Å². The molecule has 1 amide bonds. The normalized spacial score (nSPS) is 26.1. The minimum absolute atomic E-state index is 0.259. The summed E-state index contributed by atoms with van der Waals surface area (Å²) in [7, 11) is 0. The van der Waals surface area contributed by atoms with Crippen LogP contribution < -0.4 is 0 Å². The van der Waals surface area contributed by atoms with Crippen LogP contribution in [0.25, 0.3) is 11.0 Å². The molecule has 2 aromatic rings. The first kappa shape index (κ1) is 14.3. The molecule has 5 rings (SSSR count). The van der Waals surface area contributed by atoms with Crippen molar-refractivity contribution < 1.29 is 4.79 Å². The Kier molecular flexibility index (Phi) is 3.25. The smallest absolute Gasteiger partial charge is 0.242 e. The van der Waals surface area contributed by atoms with E-state index in [-0.39, 0.29) is 5.91 Å². The Labute approximate surface area is 142 Å². The first-order valence-corrected chi connectivity index (χ1v) is 9.17. The zero-order valence-corrected chi connectivity index (χ0v) is 13.9. The Bertz CT molecular complexity index is 801. The van der Waals surface area contributed by atoms with E-state index in [0.717, 1.165) is 42.8 Å². The highest BCUT2D eigenvalue weighted by Gasteiger charge is 2.36. The van der Waals surface area contributed by atoms with Crippen LogP contribution in [-0.4, -0.2) is 33.4 Å². The number of hydrogen-bond acceptors (Lipinski definition) is 2. The molecule has 2 atom stereocenters. The molecule has 2 fully saturated rings. The third-order valence-corrected chi connectivity index (χ3v) is 5.89. The van der Waals surface area contributed by atoms with Crippen LogP contribution in [-0.2, 0) is 11.3 Å². The second-order valence-corrected chi connectivity index (χ2v) is 7.58. The number of hydrogen-bond donors (Lipinski definition) is 0. The van der Waals surface area contributed by atoms with Gasteiger partial charge in [-0.15, -0.1) is 0 Å². The standard InChI is InChI=1S/C20H23N3O/c24-19(22-11-15-5-1-2-6-16(15)12-22)13-23-18-8-4-3-7-17(18)21-20(23)14-9-10-14/h1-4,7-8,14-16H,5-6,9-13H2/t15-,16-/m0/s1. The Balaban J connectivity index is 1.40. The number of allylic oxidation sites excluding steroid dienone is 2. The van der Waals surface area contributed by atoms with E-state index in [1.54, 1.807) is 0 Å². The highest BCUT2D eigenvalue weighted by molar-refractivity contribution is 5.81. The third-order valence-electron chi connectivity index (χ3n) is 5.89. The second-order valence-electron chi connectivity index (χ2n) is 7.58. The van der Waals surface area contributed by atoms with Crippen LogP contribution in [0, 0.1) is 11.8 Å². The number of likely N-dealkylation sites (tertiary alicyclic amines) is 1. The monoisotopic (exact) mass is 321 g/mol. The Morgan fingerprint density at radius 2 is 1.79 bits per heavy atom. The molecular formula is C20H23N3O. The van der Waals surface area contributed by atoms with Crippen LogP contribution in [0.4, 0.5) is 0 Å². The lowest BCUT2D eigenvalue weighted by atomic mass is 9.86. The average molecular weight is 321 g/mol. The summed E-state index contributed by atoms with van der Waals surface area (Å²) in [5, 5.41) is 0. The van der Waals surface area contributed by atoms with Crippen molar-refractivity contribution in [1.82, 2.24) is 14.5 Å². The van der Waals surface area contributed by atoms with Gasteiger partial charge >= 0.3 is 0 Å². The van der Waals surface area contributed by atoms with Crippen molar-refractivity contribution in [3.05, 3.63) is 42.2 Å². The molecule has 0 spiro atoms. The van der Waals surface area contributed by atoms with Gasteiger partial charge < -0.3 is 9.47 Å². The molecule has 0 N–H and O–H groups in total. The molecule has 1 saturated carbocycles. The van der Waals surface area contributed by atoms with E-state index in [1.165, 1.54) is 12.8 Å². The molecule has 4 heteroatoms. The van der Waals surface area contributed by atoms with E-state index >= 15 is 0 Å². The number of rotatable bonds is 3. The maximum Gasteiger partial charge on any atom is 0.242 e. The van der Waals surface area contributed by atoms with E-state index in [0.29, 0.717) is 24.3 Å². The van der Waals surface area contributed by atoms with Crippen LogP contribution in [0.3, 0.4) is 0 Å². The number of fused-ring (bicyclic) bond motifs is 2.